The Morgan fingerprint density at radius 2 is 2.35 bits per heavy atom. The van der Waals surface area contributed by atoms with E-state index < -0.39 is 15.1 Å². The molecule has 2 N–H and O–H groups in total. The predicted octanol–water partition coefficient (Wildman–Crippen LogP) is 0.399. The van der Waals surface area contributed by atoms with Crippen LogP contribution in [0, 0.1) is 11.8 Å². The maximum atomic E-state index is 11.9. The SMILES string of the molecule is O=C(NCC1CCCS1(=O)=O)c1csc(C#CCO)c1. The summed E-state index contributed by atoms with van der Waals surface area (Å²) in [5.41, 5.74) is 0.465. The van der Waals surface area contributed by atoms with E-state index >= 15 is 0 Å². The molecule has 0 saturated carbocycles. The molecule has 7 heteroatoms. The first-order valence-electron chi connectivity index (χ1n) is 6.21. The monoisotopic (exact) mass is 313 g/mol. The summed E-state index contributed by atoms with van der Waals surface area (Å²) in [6.07, 6.45) is 1.28. The maximum absolute atomic E-state index is 11.9. The fourth-order valence-electron chi connectivity index (χ4n) is 2.04. The van der Waals surface area contributed by atoms with Crippen molar-refractivity contribution in [2.45, 2.75) is 18.1 Å². The molecule has 0 aliphatic carbocycles. The Hall–Kier alpha value is -1.36. The van der Waals surface area contributed by atoms with Gasteiger partial charge in [0.05, 0.1) is 21.4 Å². The summed E-state index contributed by atoms with van der Waals surface area (Å²) < 4.78 is 23.3. The minimum atomic E-state index is -3.03. The maximum Gasteiger partial charge on any atom is 0.252 e. The average Bonchev–Trinajstić information content (AvgIpc) is 3.00. The highest BCUT2D eigenvalue weighted by Crippen LogP contribution is 2.19. The van der Waals surface area contributed by atoms with Gasteiger partial charge < -0.3 is 10.4 Å². The molecular weight excluding hydrogens is 298 g/mol. The van der Waals surface area contributed by atoms with E-state index in [1.165, 1.54) is 11.3 Å². The summed E-state index contributed by atoms with van der Waals surface area (Å²) >= 11 is 1.31. The van der Waals surface area contributed by atoms with E-state index in [1.807, 2.05) is 0 Å². The van der Waals surface area contributed by atoms with Crippen LogP contribution in [0.3, 0.4) is 0 Å². The van der Waals surface area contributed by atoms with E-state index in [9.17, 15) is 13.2 Å². The minimum absolute atomic E-state index is 0.161. The van der Waals surface area contributed by atoms with Gasteiger partial charge in [-0.2, -0.15) is 0 Å². The van der Waals surface area contributed by atoms with Crippen molar-refractivity contribution in [3.63, 3.8) is 0 Å². The molecule has 2 rings (SSSR count). The number of amides is 1. The summed E-state index contributed by atoms with van der Waals surface area (Å²) in [5, 5.41) is 12.5. The van der Waals surface area contributed by atoms with Gasteiger partial charge >= 0.3 is 0 Å². The van der Waals surface area contributed by atoms with Gasteiger partial charge in [0.25, 0.3) is 5.91 Å². The van der Waals surface area contributed by atoms with Gasteiger partial charge in [0, 0.05) is 11.9 Å². The number of hydrogen-bond donors (Lipinski definition) is 2. The predicted molar refractivity (Wildman–Crippen MR) is 77.4 cm³/mol. The average molecular weight is 313 g/mol. The normalized spacial score (nSPS) is 20.1. The highest BCUT2D eigenvalue weighted by molar-refractivity contribution is 7.92. The fourth-order valence-corrected chi connectivity index (χ4v) is 4.56. The van der Waals surface area contributed by atoms with Crippen molar-refractivity contribution in [1.29, 1.82) is 0 Å². The van der Waals surface area contributed by atoms with Crippen LogP contribution >= 0.6 is 11.3 Å². The molecule has 2 heterocycles. The van der Waals surface area contributed by atoms with Crippen molar-refractivity contribution < 1.29 is 18.3 Å². The Morgan fingerprint density at radius 1 is 1.55 bits per heavy atom. The number of rotatable bonds is 3. The van der Waals surface area contributed by atoms with Gasteiger partial charge in [-0.15, -0.1) is 11.3 Å². The first kappa shape index (κ1) is 15.0. The van der Waals surface area contributed by atoms with E-state index in [-0.39, 0.29) is 24.8 Å². The molecule has 0 spiro atoms. The van der Waals surface area contributed by atoms with Gasteiger partial charge in [-0.05, 0) is 18.9 Å². The number of carbonyl (C=O) groups is 1. The molecule has 1 fully saturated rings. The molecule has 1 unspecified atom stereocenters. The van der Waals surface area contributed by atoms with Gasteiger partial charge in [0.2, 0.25) is 0 Å². The Bertz CT molecular complexity index is 651. The third-order valence-corrected chi connectivity index (χ3v) is 6.23. The van der Waals surface area contributed by atoms with Crippen molar-refractivity contribution in [2.75, 3.05) is 18.9 Å². The number of sulfone groups is 1. The molecule has 5 nitrogen and oxygen atoms in total. The summed E-state index contributed by atoms with van der Waals surface area (Å²) in [4.78, 5) is 12.6. The van der Waals surface area contributed by atoms with Crippen LogP contribution in [0.2, 0.25) is 0 Å². The lowest BCUT2D eigenvalue weighted by molar-refractivity contribution is 0.0954. The highest BCUT2D eigenvalue weighted by Gasteiger charge is 2.31. The first-order valence-corrected chi connectivity index (χ1v) is 8.80. The molecule has 0 bridgehead atoms. The molecule has 1 aromatic rings. The standard InChI is InChI=1S/C13H15NO4S2/c15-5-1-3-11-7-10(9-19-11)13(16)14-8-12-4-2-6-20(12,17)18/h7,9,12,15H,2,4-6,8H2,(H,14,16). The zero-order chi connectivity index (χ0) is 14.6. The fraction of sp³-hybridized carbons (Fsp3) is 0.462. The van der Waals surface area contributed by atoms with Gasteiger partial charge in [-0.25, -0.2) is 8.42 Å². The topological polar surface area (TPSA) is 83.5 Å². The van der Waals surface area contributed by atoms with Crippen LogP contribution in [0.15, 0.2) is 11.4 Å². The Morgan fingerprint density at radius 3 is 3.00 bits per heavy atom. The van der Waals surface area contributed by atoms with Crippen LogP contribution in [0.5, 0.6) is 0 Å². The van der Waals surface area contributed by atoms with E-state index in [0.717, 1.165) is 0 Å². The van der Waals surface area contributed by atoms with Crippen molar-refractivity contribution in [1.82, 2.24) is 5.32 Å². The van der Waals surface area contributed by atoms with Gasteiger partial charge in [0.15, 0.2) is 9.84 Å². The van der Waals surface area contributed by atoms with E-state index in [0.29, 0.717) is 23.3 Å². The number of aliphatic hydroxyl groups is 1. The van der Waals surface area contributed by atoms with Crippen molar-refractivity contribution >= 4 is 27.1 Å². The number of hydrogen-bond acceptors (Lipinski definition) is 5. The van der Waals surface area contributed by atoms with Crippen LogP contribution in [0.4, 0.5) is 0 Å². The lowest BCUT2D eigenvalue weighted by Gasteiger charge is -2.09. The van der Waals surface area contributed by atoms with E-state index in [4.69, 9.17) is 5.11 Å². The second-order valence-corrected chi connectivity index (χ2v) is 7.81. The van der Waals surface area contributed by atoms with E-state index in [1.54, 1.807) is 11.4 Å². The molecule has 1 amide bonds. The molecule has 1 aliphatic rings. The highest BCUT2D eigenvalue weighted by atomic mass is 32.2. The Labute approximate surface area is 121 Å². The van der Waals surface area contributed by atoms with Gasteiger partial charge in [-0.1, -0.05) is 11.8 Å². The molecule has 108 valence electrons. The van der Waals surface area contributed by atoms with Gasteiger partial charge in [-0.3, -0.25) is 4.79 Å². The largest absolute Gasteiger partial charge is 0.384 e. The van der Waals surface area contributed by atoms with Crippen molar-refractivity contribution in [3.8, 4) is 11.8 Å². The van der Waals surface area contributed by atoms with Crippen LogP contribution in [-0.4, -0.2) is 43.6 Å². The number of carbonyl (C=O) groups excluding carboxylic acids is 1. The van der Waals surface area contributed by atoms with Crippen molar-refractivity contribution in [3.05, 3.63) is 21.9 Å². The Kier molecular flexibility index (Phi) is 4.81. The lowest BCUT2D eigenvalue weighted by atomic mass is 10.2. The summed E-state index contributed by atoms with van der Waals surface area (Å²) in [6.45, 7) is -0.0619. The molecule has 1 aliphatic heterocycles. The zero-order valence-electron chi connectivity index (χ0n) is 10.8. The molecule has 0 aromatic carbocycles. The molecule has 1 aromatic heterocycles. The van der Waals surface area contributed by atoms with Crippen LogP contribution < -0.4 is 5.32 Å². The molecular formula is C13H15NO4S2. The lowest BCUT2D eigenvalue weighted by Crippen LogP contribution is -2.34. The van der Waals surface area contributed by atoms with Crippen LogP contribution in [0.25, 0.3) is 0 Å². The summed E-state index contributed by atoms with van der Waals surface area (Å²) in [5.74, 6) is 5.16. The van der Waals surface area contributed by atoms with E-state index in [2.05, 4.69) is 17.2 Å². The molecule has 0 radical (unpaired) electrons. The number of aliphatic hydroxyl groups excluding tert-OH is 1. The zero-order valence-corrected chi connectivity index (χ0v) is 12.4. The molecule has 20 heavy (non-hydrogen) atoms. The van der Waals surface area contributed by atoms with Crippen LogP contribution in [-0.2, 0) is 9.84 Å². The third kappa shape index (κ3) is 3.60. The van der Waals surface area contributed by atoms with Gasteiger partial charge in [0.1, 0.15) is 6.61 Å². The summed E-state index contributed by atoms with van der Waals surface area (Å²) in [7, 11) is -3.03. The quantitative estimate of drug-likeness (QED) is 0.791. The van der Waals surface area contributed by atoms with Crippen LogP contribution in [0.1, 0.15) is 28.1 Å². The number of nitrogens with one attached hydrogen (secondary N) is 1. The molecule has 1 saturated heterocycles. The Balaban J connectivity index is 1.94. The third-order valence-electron chi connectivity index (χ3n) is 3.11. The smallest absolute Gasteiger partial charge is 0.252 e. The second kappa shape index (κ2) is 6.39. The van der Waals surface area contributed by atoms with Crippen molar-refractivity contribution in [2.24, 2.45) is 0 Å². The minimum Gasteiger partial charge on any atom is -0.384 e. The first-order chi connectivity index (χ1) is 9.53. The number of thiophene rings is 1. The molecule has 1 atom stereocenters. The second-order valence-electron chi connectivity index (χ2n) is 4.50. The summed E-state index contributed by atoms with van der Waals surface area (Å²) in [6, 6.07) is 1.63.